The SMILES string of the molecule is NCCCCC(NC(=O)C(CCCCN)NC(=O)C(N)Cc1ccc(O)cc1)C(=O)O. The fraction of sp³-hybridized carbons (Fsp3) is 0.571. The number of phenolic OH excluding ortho intramolecular Hbond substituents is 1. The third kappa shape index (κ3) is 10.3. The van der Waals surface area contributed by atoms with E-state index >= 15 is 0 Å². The summed E-state index contributed by atoms with van der Waals surface area (Å²) in [5, 5.41) is 23.9. The zero-order chi connectivity index (χ0) is 23.2. The number of benzene rings is 1. The van der Waals surface area contributed by atoms with Crippen molar-refractivity contribution in [2.45, 2.75) is 63.1 Å². The molecule has 0 saturated carbocycles. The van der Waals surface area contributed by atoms with Gasteiger partial charge in [0.05, 0.1) is 6.04 Å². The molecule has 0 fully saturated rings. The van der Waals surface area contributed by atoms with E-state index in [1.165, 1.54) is 12.1 Å². The minimum Gasteiger partial charge on any atom is -0.508 e. The van der Waals surface area contributed by atoms with E-state index in [9.17, 15) is 24.6 Å². The number of hydrogen-bond donors (Lipinski definition) is 7. The van der Waals surface area contributed by atoms with E-state index in [-0.39, 0.29) is 18.6 Å². The number of aliphatic carboxylic acids is 1. The molecule has 0 aromatic heterocycles. The monoisotopic (exact) mass is 437 g/mol. The summed E-state index contributed by atoms with van der Waals surface area (Å²) < 4.78 is 0. The highest BCUT2D eigenvalue weighted by molar-refractivity contribution is 5.91. The molecule has 0 aliphatic carbocycles. The predicted octanol–water partition coefficient (Wildman–Crippen LogP) is -0.426. The van der Waals surface area contributed by atoms with Crippen LogP contribution in [0.2, 0.25) is 0 Å². The van der Waals surface area contributed by atoms with Gasteiger partial charge in [0.25, 0.3) is 0 Å². The lowest BCUT2D eigenvalue weighted by molar-refractivity contribution is -0.142. The van der Waals surface area contributed by atoms with Crippen molar-refractivity contribution in [3.05, 3.63) is 29.8 Å². The Morgan fingerprint density at radius 3 is 1.87 bits per heavy atom. The third-order valence-corrected chi connectivity index (χ3v) is 4.87. The Bertz CT molecular complexity index is 698. The van der Waals surface area contributed by atoms with E-state index < -0.39 is 35.9 Å². The number of unbranched alkanes of at least 4 members (excludes halogenated alkanes) is 2. The van der Waals surface area contributed by atoms with E-state index in [0.29, 0.717) is 45.2 Å². The maximum absolute atomic E-state index is 12.7. The maximum atomic E-state index is 12.7. The van der Waals surface area contributed by atoms with E-state index in [4.69, 9.17) is 17.2 Å². The number of hydrogen-bond acceptors (Lipinski definition) is 7. The number of phenols is 1. The fourth-order valence-electron chi connectivity index (χ4n) is 3.04. The number of carbonyl (C=O) groups is 3. The van der Waals surface area contributed by atoms with Crippen LogP contribution in [0.3, 0.4) is 0 Å². The molecule has 10 heteroatoms. The average molecular weight is 438 g/mol. The molecule has 0 radical (unpaired) electrons. The summed E-state index contributed by atoms with van der Waals surface area (Å²) in [6, 6.07) is 3.44. The third-order valence-electron chi connectivity index (χ3n) is 4.87. The first-order valence-corrected chi connectivity index (χ1v) is 10.6. The molecule has 31 heavy (non-hydrogen) atoms. The van der Waals surface area contributed by atoms with Gasteiger partial charge < -0.3 is 38.0 Å². The van der Waals surface area contributed by atoms with Crippen LogP contribution in [0.15, 0.2) is 24.3 Å². The van der Waals surface area contributed by atoms with Crippen molar-refractivity contribution in [1.29, 1.82) is 0 Å². The van der Waals surface area contributed by atoms with Gasteiger partial charge in [0.15, 0.2) is 0 Å². The Kier molecular flexibility index (Phi) is 12.2. The van der Waals surface area contributed by atoms with Gasteiger partial charge in [-0.1, -0.05) is 12.1 Å². The van der Waals surface area contributed by atoms with Crippen LogP contribution >= 0.6 is 0 Å². The van der Waals surface area contributed by atoms with Gasteiger partial charge in [0.1, 0.15) is 17.8 Å². The molecule has 10 N–H and O–H groups in total. The van der Waals surface area contributed by atoms with Crippen LogP contribution in [0.1, 0.15) is 44.1 Å². The van der Waals surface area contributed by atoms with Crippen LogP contribution in [-0.4, -0.2) is 59.2 Å². The molecular weight excluding hydrogens is 402 g/mol. The first-order chi connectivity index (χ1) is 14.8. The Morgan fingerprint density at radius 1 is 0.839 bits per heavy atom. The number of carboxylic acid groups (broad SMARTS) is 1. The standard InChI is InChI=1S/C21H35N5O5/c22-11-3-1-5-17(20(29)26-18(21(30)31)6-2-4-12-23)25-19(28)16(24)13-14-7-9-15(27)10-8-14/h7-10,16-18,27H,1-6,11-13,22-24H2,(H,25,28)(H,26,29)(H,30,31). The minimum atomic E-state index is -1.14. The Hall–Kier alpha value is -2.69. The Labute approximate surface area is 182 Å². The van der Waals surface area contributed by atoms with Crippen LogP contribution in [0.4, 0.5) is 0 Å². The molecule has 3 unspecified atom stereocenters. The molecule has 0 spiro atoms. The van der Waals surface area contributed by atoms with Crippen molar-refractivity contribution in [3.63, 3.8) is 0 Å². The summed E-state index contributed by atoms with van der Waals surface area (Å²) >= 11 is 0. The van der Waals surface area contributed by atoms with Crippen molar-refractivity contribution in [1.82, 2.24) is 10.6 Å². The van der Waals surface area contributed by atoms with Gasteiger partial charge in [-0.2, -0.15) is 0 Å². The van der Waals surface area contributed by atoms with Gasteiger partial charge in [-0.3, -0.25) is 9.59 Å². The molecule has 1 aromatic carbocycles. The molecule has 0 aliphatic rings. The number of nitrogens with one attached hydrogen (secondary N) is 2. The van der Waals surface area contributed by atoms with Gasteiger partial charge in [0.2, 0.25) is 11.8 Å². The van der Waals surface area contributed by atoms with E-state index in [0.717, 1.165) is 5.56 Å². The number of nitrogens with two attached hydrogens (primary N) is 3. The highest BCUT2D eigenvalue weighted by Gasteiger charge is 2.27. The highest BCUT2D eigenvalue weighted by Crippen LogP contribution is 2.11. The number of aromatic hydroxyl groups is 1. The summed E-state index contributed by atoms with van der Waals surface area (Å²) in [5.41, 5.74) is 17.7. The maximum Gasteiger partial charge on any atom is 0.326 e. The summed E-state index contributed by atoms with van der Waals surface area (Å²) in [5.74, 6) is -2.11. The first-order valence-electron chi connectivity index (χ1n) is 10.6. The smallest absolute Gasteiger partial charge is 0.326 e. The molecule has 0 saturated heterocycles. The van der Waals surface area contributed by atoms with Gasteiger partial charge in [-0.05, 0) is 75.7 Å². The van der Waals surface area contributed by atoms with E-state index in [1.807, 2.05) is 0 Å². The van der Waals surface area contributed by atoms with Gasteiger partial charge >= 0.3 is 5.97 Å². The zero-order valence-corrected chi connectivity index (χ0v) is 17.8. The van der Waals surface area contributed by atoms with Crippen LogP contribution in [0, 0.1) is 0 Å². The molecule has 2 amide bonds. The summed E-state index contributed by atoms with van der Waals surface area (Å²) in [4.78, 5) is 36.8. The topological polar surface area (TPSA) is 194 Å². The number of amides is 2. The lowest BCUT2D eigenvalue weighted by Crippen LogP contribution is -2.54. The average Bonchev–Trinajstić information content (AvgIpc) is 2.73. The molecule has 174 valence electrons. The Morgan fingerprint density at radius 2 is 1.35 bits per heavy atom. The van der Waals surface area contributed by atoms with Crippen molar-refractivity contribution >= 4 is 17.8 Å². The van der Waals surface area contributed by atoms with Gasteiger partial charge in [-0.25, -0.2) is 4.79 Å². The second kappa shape index (κ2) is 14.3. The van der Waals surface area contributed by atoms with E-state index in [1.54, 1.807) is 12.1 Å². The van der Waals surface area contributed by atoms with E-state index in [2.05, 4.69) is 10.6 Å². The lowest BCUT2D eigenvalue weighted by atomic mass is 10.0. The van der Waals surface area contributed by atoms with Crippen molar-refractivity contribution in [2.24, 2.45) is 17.2 Å². The predicted molar refractivity (Wildman–Crippen MR) is 117 cm³/mol. The van der Waals surface area contributed by atoms with Crippen LogP contribution < -0.4 is 27.8 Å². The molecule has 0 aliphatic heterocycles. The zero-order valence-electron chi connectivity index (χ0n) is 17.8. The first kappa shape index (κ1) is 26.3. The number of rotatable bonds is 15. The largest absolute Gasteiger partial charge is 0.508 e. The molecule has 1 aromatic rings. The van der Waals surface area contributed by atoms with Crippen molar-refractivity contribution in [3.8, 4) is 5.75 Å². The van der Waals surface area contributed by atoms with Crippen LogP contribution in [0.5, 0.6) is 5.75 Å². The molecule has 0 bridgehead atoms. The molecule has 10 nitrogen and oxygen atoms in total. The fourth-order valence-corrected chi connectivity index (χ4v) is 3.04. The van der Waals surface area contributed by atoms with Gasteiger partial charge in [0, 0.05) is 0 Å². The number of carboxylic acids is 1. The Balaban J connectivity index is 2.75. The second-order valence-electron chi connectivity index (χ2n) is 7.51. The quantitative estimate of drug-likeness (QED) is 0.180. The summed E-state index contributed by atoms with van der Waals surface area (Å²) in [7, 11) is 0. The van der Waals surface area contributed by atoms with Crippen molar-refractivity contribution in [2.75, 3.05) is 13.1 Å². The lowest BCUT2D eigenvalue weighted by Gasteiger charge is -2.23. The molecular formula is C21H35N5O5. The highest BCUT2D eigenvalue weighted by atomic mass is 16.4. The number of carbonyl (C=O) groups excluding carboxylic acids is 2. The molecule has 0 heterocycles. The normalized spacial score (nSPS) is 13.8. The van der Waals surface area contributed by atoms with Gasteiger partial charge in [-0.15, -0.1) is 0 Å². The van der Waals surface area contributed by atoms with Crippen molar-refractivity contribution < 1.29 is 24.6 Å². The second-order valence-corrected chi connectivity index (χ2v) is 7.51. The molecule has 3 atom stereocenters. The van der Waals surface area contributed by atoms with Crippen LogP contribution in [-0.2, 0) is 20.8 Å². The summed E-state index contributed by atoms with van der Waals surface area (Å²) in [6.45, 7) is 0.885. The van der Waals surface area contributed by atoms with Crippen LogP contribution in [0.25, 0.3) is 0 Å². The summed E-state index contributed by atoms with van der Waals surface area (Å²) in [6.07, 6.45) is 3.26. The minimum absolute atomic E-state index is 0.109. The molecule has 1 rings (SSSR count).